The van der Waals surface area contributed by atoms with E-state index in [1.165, 1.54) is 12.1 Å². The van der Waals surface area contributed by atoms with Gasteiger partial charge in [-0.15, -0.1) is 0 Å². The maximum absolute atomic E-state index is 12.9. The molecule has 146 valence electrons. The summed E-state index contributed by atoms with van der Waals surface area (Å²) in [5.41, 5.74) is 2.72. The number of alkyl halides is 3. The summed E-state index contributed by atoms with van der Waals surface area (Å²) >= 11 is 0. The summed E-state index contributed by atoms with van der Waals surface area (Å²) in [6.45, 7) is 0.674. The number of ether oxygens (including phenoxy) is 1. The second-order valence-corrected chi connectivity index (χ2v) is 7.62. The van der Waals surface area contributed by atoms with Gasteiger partial charge in [0.1, 0.15) is 0 Å². The Kier molecular flexibility index (Phi) is 5.04. The lowest BCUT2D eigenvalue weighted by Crippen LogP contribution is -2.26. The van der Waals surface area contributed by atoms with Gasteiger partial charge in [0.05, 0.1) is 13.2 Å². The zero-order valence-corrected chi connectivity index (χ0v) is 14.9. The number of allylic oxidation sites excluding steroid dienone is 1. The molecule has 6 nitrogen and oxygen atoms in total. The highest BCUT2D eigenvalue weighted by Gasteiger charge is 2.49. The van der Waals surface area contributed by atoms with Gasteiger partial charge in [-0.05, 0) is 48.1 Å². The molecule has 0 fully saturated rings. The SMILES string of the molecule is N=Cc1c(N)ccc2c1CCC(C1=CCOCC1)=C2OS(=O)(=O)C(F)(F)F. The van der Waals surface area contributed by atoms with Gasteiger partial charge in [-0.25, -0.2) is 0 Å². The summed E-state index contributed by atoms with van der Waals surface area (Å²) in [7, 11) is -5.85. The van der Waals surface area contributed by atoms with Gasteiger partial charge in [-0.2, -0.15) is 21.6 Å². The first-order valence-electron chi connectivity index (χ1n) is 8.09. The molecule has 1 aromatic rings. The molecule has 1 aliphatic carbocycles. The van der Waals surface area contributed by atoms with Crippen molar-refractivity contribution in [1.82, 2.24) is 0 Å². The Morgan fingerprint density at radius 3 is 2.56 bits per heavy atom. The first-order valence-corrected chi connectivity index (χ1v) is 9.50. The Hall–Kier alpha value is -2.33. The number of fused-ring (bicyclic) bond motifs is 1. The lowest BCUT2D eigenvalue weighted by molar-refractivity contribution is -0.0509. The number of anilines is 1. The van der Waals surface area contributed by atoms with Gasteiger partial charge in [-0.3, -0.25) is 0 Å². The molecular weight excluding hydrogens is 385 g/mol. The summed E-state index contributed by atoms with van der Waals surface area (Å²) in [4.78, 5) is 0. The van der Waals surface area contributed by atoms with E-state index < -0.39 is 15.6 Å². The fraction of sp³-hybridized carbons (Fsp3) is 0.353. The summed E-state index contributed by atoms with van der Waals surface area (Å²) in [6, 6.07) is 2.85. The zero-order valence-electron chi connectivity index (χ0n) is 14.1. The third-order valence-corrected chi connectivity index (χ3v) is 5.46. The minimum atomic E-state index is -5.85. The number of nitrogens with one attached hydrogen (secondary N) is 1. The van der Waals surface area contributed by atoms with Crippen LogP contribution < -0.4 is 5.73 Å². The average molecular weight is 402 g/mol. The van der Waals surface area contributed by atoms with E-state index in [0.29, 0.717) is 48.3 Å². The molecule has 27 heavy (non-hydrogen) atoms. The van der Waals surface area contributed by atoms with Gasteiger partial charge in [0.15, 0.2) is 5.76 Å². The predicted molar refractivity (Wildman–Crippen MR) is 93.6 cm³/mol. The molecule has 0 spiro atoms. The van der Waals surface area contributed by atoms with Gasteiger partial charge in [0.2, 0.25) is 0 Å². The molecule has 0 saturated heterocycles. The summed E-state index contributed by atoms with van der Waals surface area (Å²) in [5.74, 6) is -0.357. The van der Waals surface area contributed by atoms with Crippen LogP contribution in [0.4, 0.5) is 18.9 Å². The van der Waals surface area contributed by atoms with E-state index >= 15 is 0 Å². The molecule has 0 atom stereocenters. The minimum absolute atomic E-state index is 0.198. The number of benzene rings is 1. The molecular formula is C17H17F3N2O4S. The van der Waals surface area contributed by atoms with E-state index in [-0.39, 0.29) is 23.4 Å². The van der Waals surface area contributed by atoms with Crippen molar-refractivity contribution in [2.75, 3.05) is 18.9 Å². The van der Waals surface area contributed by atoms with Crippen LogP contribution in [0.2, 0.25) is 0 Å². The Morgan fingerprint density at radius 1 is 1.22 bits per heavy atom. The predicted octanol–water partition coefficient (Wildman–Crippen LogP) is 3.14. The Morgan fingerprint density at radius 2 is 1.96 bits per heavy atom. The third kappa shape index (κ3) is 3.59. The van der Waals surface area contributed by atoms with Crippen molar-refractivity contribution in [1.29, 1.82) is 5.41 Å². The molecule has 3 N–H and O–H groups in total. The molecule has 2 aliphatic rings. The normalized spacial score (nSPS) is 18.0. The van der Waals surface area contributed by atoms with Gasteiger partial charge in [-0.1, -0.05) is 6.08 Å². The zero-order chi connectivity index (χ0) is 19.8. The van der Waals surface area contributed by atoms with Crippen LogP contribution in [0.25, 0.3) is 5.76 Å². The molecule has 1 aliphatic heterocycles. The molecule has 0 amide bonds. The monoisotopic (exact) mass is 402 g/mol. The summed E-state index contributed by atoms with van der Waals surface area (Å²) < 4.78 is 71.9. The molecule has 0 aromatic heterocycles. The summed E-state index contributed by atoms with van der Waals surface area (Å²) in [5, 5.41) is 7.53. The second-order valence-electron chi connectivity index (χ2n) is 6.08. The van der Waals surface area contributed by atoms with E-state index in [0.717, 1.165) is 6.21 Å². The van der Waals surface area contributed by atoms with Gasteiger partial charge < -0.3 is 20.1 Å². The number of nitrogens with two attached hydrogens (primary N) is 1. The van der Waals surface area contributed by atoms with Crippen LogP contribution in [0, 0.1) is 5.41 Å². The van der Waals surface area contributed by atoms with Crippen LogP contribution >= 0.6 is 0 Å². The number of hydrogen-bond acceptors (Lipinski definition) is 6. The lowest BCUT2D eigenvalue weighted by Gasteiger charge is -2.27. The van der Waals surface area contributed by atoms with Gasteiger partial charge in [0, 0.05) is 23.0 Å². The lowest BCUT2D eigenvalue weighted by atomic mass is 9.83. The van der Waals surface area contributed by atoms with Crippen molar-refractivity contribution < 1.29 is 30.5 Å². The molecule has 0 bridgehead atoms. The van der Waals surface area contributed by atoms with Gasteiger partial charge >= 0.3 is 15.6 Å². The van der Waals surface area contributed by atoms with Crippen LogP contribution in [-0.2, 0) is 25.5 Å². The largest absolute Gasteiger partial charge is 0.534 e. The number of rotatable bonds is 4. The summed E-state index contributed by atoms with van der Waals surface area (Å²) in [6.07, 6.45) is 3.82. The van der Waals surface area contributed by atoms with Crippen molar-refractivity contribution in [3.63, 3.8) is 0 Å². The minimum Gasteiger partial charge on any atom is -0.398 e. The fourth-order valence-electron chi connectivity index (χ4n) is 3.22. The smallest absolute Gasteiger partial charge is 0.398 e. The van der Waals surface area contributed by atoms with Crippen LogP contribution in [-0.4, -0.2) is 33.4 Å². The maximum atomic E-state index is 12.9. The van der Waals surface area contributed by atoms with Crippen LogP contribution in [0.5, 0.6) is 0 Å². The van der Waals surface area contributed by atoms with E-state index in [4.69, 9.17) is 15.9 Å². The molecule has 0 radical (unpaired) electrons. The van der Waals surface area contributed by atoms with Crippen molar-refractivity contribution in [2.45, 2.75) is 24.8 Å². The number of hydrogen-bond donors (Lipinski definition) is 2. The topological polar surface area (TPSA) is 102 Å². The second kappa shape index (κ2) is 7.01. The van der Waals surface area contributed by atoms with Crippen molar-refractivity contribution in [3.8, 4) is 0 Å². The van der Waals surface area contributed by atoms with Crippen LogP contribution in [0.1, 0.15) is 29.5 Å². The standard InChI is InChI=1S/C17H17F3N2O4S/c18-17(19,20)27(23,24)26-16-11(10-5-7-25-8-6-10)1-2-12-13(16)3-4-15(22)14(12)9-21/h3-5,9,21H,1-2,6-8,22H2. The highest BCUT2D eigenvalue weighted by atomic mass is 32.2. The van der Waals surface area contributed by atoms with Crippen molar-refractivity contribution >= 4 is 27.8 Å². The van der Waals surface area contributed by atoms with E-state index in [1.807, 2.05) is 0 Å². The first kappa shape index (κ1) is 19.4. The number of nitrogen functional groups attached to an aromatic ring is 1. The van der Waals surface area contributed by atoms with E-state index in [2.05, 4.69) is 4.18 Å². The molecule has 10 heteroatoms. The number of halogens is 3. The molecule has 1 heterocycles. The third-order valence-electron chi connectivity index (χ3n) is 4.51. The highest BCUT2D eigenvalue weighted by Crippen LogP contribution is 2.42. The Bertz CT molecular complexity index is 950. The highest BCUT2D eigenvalue weighted by molar-refractivity contribution is 7.87. The first-order chi connectivity index (χ1) is 12.7. The van der Waals surface area contributed by atoms with E-state index in [9.17, 15) is 21.6 Å². The molecule has 0 saturated carbocycles. The van der Waals surface area contributed by atoms with Gasteiger partial charge in [0.25, 0.3) is 0 Å². The molecule has 0 unspecified atom stereocenters. The molecule has 1 aromatic carbocycles. The maximum Gasteiger partial charge on any atom is 0.534 e. The Balaban J connectivity index is 2.21. The van der Waals surface area contributed by atoms with Crippen molar-refractivity contribution in [3.05, 3.63) is 46.0 Å². The van der Waals surface area contributed by atoms with Crippen LogP contribution in [0.3, 0.4) is 0 Å². The quantitative estimate of drug-likeness (QED) is 0.349. The van der Waals surface area contributed by atoms with Crippen molar-refractivity contribution in [2.24, 2.45) is 0 Å². The molecule has 3 rings (SSSR count). The average Bonchev–Trinajstić information content (AvgIpc) is 2.61. The fourth-order valence-corrected chi connectivity index (χ4v) is 3.73. The van der Waals surface area contributed by atoms with Crippen LogP contribution in [0.15, 0.2) is 29.4 Å². The Labute approximate surface area is 154 Å². The van der Waals surface area contributed by atoms with E-state index in [1.54, 1.807) is 6.08 Å².